The lowest BCUT2D eigenvalue weighted by molar-refractivity contribution is 0.0742. The van der Waals surface area contributed by atoms with Gasteiger partial charge < -0.3 is 9.84 Å². The first-order valence-electron chi connectivity index (χ1n) is 5.92. The van der Waals surface area contributed by atoms with Gasteiger partial charge in [-0.05, 0) is 24.0 Å². The van der Waals surface area contributed by atoms with Crippen molar-refractivity contribution in [2.75, 3.05) is 7.11 Å². The lowest BCUT2D eigenvalue weighted by Crippen LogP contribution is -2.26. The van der Waals surface area contributed by atoms with Crippen LogP contribution in [0.5, 0.6) is 5.88 Å². The van der Waals surface area contributed by atoms with Crippen molar-refractivity contribution in [2.45, 2.75) is 18.4 Å². The number of aryl methyl sites for hydroxylation is 1. The van der Waals surface area contributed by atoms with E-state index in [9.17, 15) is 5.11 Å². The molecule has 0 aliphatic heterocycles. The van der Waals surface area contributed by atoms with Crippen LogP contribution in [0.15, 0.2) is 36.7 Å². The van der Waals surface area contributed by atoms with Crippen LogP contribution < -0.4 is 4.74 Å². The molecule has 1 heterocycles. The molecule has 0 radical (unpaired) electrons. The molecule has 0 fully saturated rings. The molecule has 2 aromatic rings. The third kappa shape index (κ3) is 1.49. The predicted molar refractivity (Wildman–Crippen MR) is 66.3 cm³/mol. The number of hydrogen-bond acceptors (Lipinski definition) is 4. The first-order chi connectivity index (χ1) is 8.75. The van der Waals surface area contributed by atoms with Gasteiger partial charge in [0.2, 0.25) is 5.88 Å². The molecule has 1 N–H and O–H groups in total. The molecule has 1 unspecified atom stereocenters. The maximum absolute atomic E-state index is 10.9. The number of aliphatic hydroxyl groups is 1. The molecule has 1 atom stereocenters. The second-order valence-electron chi connectivity index (χ2n) is 4.43. The van der Waals surface area contributed by atoms with Crippen molar-refractivity contribution < 1.29 is 9.84 Å². The maximum Gasteiger partial charge on any atom is 0.238 e. The quantitative estimate of drug-likeness (QED) is 0.870. The van der Waals surface area contributed by atoms with Crippen molar-refractivity contribution in [3.63, 3.8) is 0 Å². The molecule has 0 amide bonds. The molecule has 4 nitrogen and oxygen atoms in total. The van der Waals surface area contributed by atoms with Crippen LogP contribution >= 0.6 is 0 Å². The second-order valence-corrected chi connectivity index (χ2v) is 4.43. The highest BCUT2D eigenvalue weighted by Crippen LogP contribution is 2.43. The molecule has 18 heavy (non-hydrogen) atoms. The first kappa shape index (κ1) is 11.2. The summed E-state index contributed by atoms with van der Waals surface area (Å²) in [7, 11) is 1.54. The molecule has 0 spiro atoms. The largest absolute Gasteiger partial charge is 0.480 e. The Balaban J connectivity index is 2.17. The van der Waals surface area contributed by atoms with Crippen LogP contribution in [0.4, 0.5) is 0 Å². The van der Waals surface area contributed by atoms with Crippen molar-refractivity contribution >= 4 is 0 Å². The SMILES string of the molecule is COc1nccnc1C1(O)CCc2ccccc21. The van der Waals surface area contributed by atoms with Crippen molar-refractivity contribution in [1.29, 1.82) is 0 Å². The van der Waals surface area contributed by atoms with Gasteiger partial charge in [0.1, 0.15) is 11.3 Å². The highest BCUT2D eigenvalue weighted by atomic mass is 16.5. The molecule has 1 aromatic carbocycles. The van der Waals surface area contributed by atoms with Gasteiger partial charge in [0, 0.05) is 12.4 Å². The monoisotopic (exact) mass is 242 g/mol. The third-order valence-electron chi connectivity index (χ3n) is 3.47. The Labute approximate surface area is 105 Å². The summed E-state index contributed by atoms with van der Waals surface area (Å²) in [6.45, 7) is 0. The topological polar surface area (TPSA) is 55.2 Å². The minimum Gasteiger partial charge on any atom is -0.480 e. The zero-order valence-corrected chi connectivity index (χ0v) is 10.1. The van der Waals surface area contributed by atoms with Crippen LogP contribution in [-0.2, 0) is 12.0 Å². The van der Waals surface area contributed by atoms with Crippen LogP contribution in [0.3, 0.4) is 0 Å². The van der Waals surface area contributed by atoms with Gasteiger partial charge in [-0.3, -0.25) is 4.98 Å². The summed E-state index contributed by atoms with van der Waals surface area (Å²) < 4.78 is 5.20. The van der Waals surface area contributed by atoms with Gasteiger partial charge in [0.15, 0.2) is 0 Å². The highest BCUT2D eigenvalue weighted by Gasteiger charge is 2.41. The molecule has 4 heteroatoms. The fraction of sp³-hybridized carbons (Fsp3) is 0.286. The Kier molecular flexibility index (Phi) is 2.52. The first-order valence-corrected chi connectivity index (χ1v) is 5.92. The van der Waals surface area contributed by atoms with Gasteiger partial charge >= 0.3 is 0 Å². The molecule has 0 bridgehead atoms. The molecule has 92 valence electrons. The van der Waals surface area contributed by atoms with E-state index in [4.69, 9.17) is 4.74 Å². The molecule has 3 rings (SSSR count). The van der Waals surface area contributed by atoms with E-state index in [1.54, 1.807) is 12.4 Å². The smallest absolute Gasteiger partial charge is 0.238 e. The molecular weight excluding hydrogens is 228 g/mol. The summed E-state index contributed by atoms with van der Waals surface area (Å²) in [5.41, 5.74) is 1.48. The van der Waals surface area contributed by atoms with E-state index in [2.05, 4.69) is 9.97 Å². The van der Waals surface area contributed by atoms with Crippen molar-refractivity contribution in [2.24, 2.45) is 0 Å². The van der Waals surface area contributed by atoms with E-state index in [0.717, 1.165) is 17.5 Å². The van der Waals surface area contributed by atoms with Gasteiger partial charge in [-0.1, -0.05) is 24.3 Å². The van der Waals surface area contributed by atoms with Crippen LogP contribution in [0.25, 0.3) is 0 Å². The lowest BCUT2D eigenvalue weighted by Gasteiger charge is -2.24. The number of hydrogen-bond donors (Lipinski definition) is 1. The van der Waals surface area contributed by atoms with Crippen LogP contribution in [0.2, 0.25) is 0 Å². The molecule has 1 aromatic heterocycles. The van der Waals surface area contributed by atoms with Gasteiger partial charge in [0.25, 0.3) is 0 Å². The van der Waals surface area contributed by atoms with Crippen molar-refractivity contribution in [3.05, 3.63) is 53.5 Å². The lowest BCUT2D eigenvalue weighted by atomic mass is 9.92. The van der Waals surface area contributed by atoms with E-state index in [0.29, 0.717) is 18.0 Å². The summed E-state index contributed by atoms with van der Waals surface area (Å²) in [6, 6.07) is 7.89. The minimum atomic E-state index is -1.09. The van der Waals surface area contributed by atoms with E-state index in [1.165, 1.54) is 7.11 Å². The van der Waals surface area contributed by atoms with Crippen molar-refractivity contribution in [1.82, 2.24) is 9.97 Å². The molecule has 0 saturated heterocycles. The van der Waals surface area contributed by atoms with Crippen LogP contribution in [-0.4, -0.2) is 22.2 Å². The van der Waals surface area contributed by atoms with Crippen LogP contribution in [0, 0.1) is 0 Å². The van der Waals surface area contributed by atoms with Gasteiger partial charge in [-0.25, -0.2) is 4.98 Å². The average molecular weight is 242 g/mol. The fourth-order valence-electron chi connectivity index (χ4n) is 2.60. The Morgan fingerprint density at radius 3 is 2.83 bits per heavy atom. The molecule has 1 aliphatic carbocycles. The Bertz CT molecular complexity index is 586. The van der Waals surface area contributed by atoms with Gasteiger partial charge in [-0.2, -0.15) is 0 Å². The number of benzene rings is 1. The van der Waals surface area contributed by atoms with Gasteiger partial charge in [0.05, 0.1) is 7.11 Å². The summed E-state index contributed by atoms with van der Waals surface area (Å²) in [5, 5.41) is 10.9. The Morgan fingerprint density at radius 1 is 1.22 bits per heavy atom. The number of aromatic nitrogens is 2. The van der Waals surface area contributed by atoms with E-state index >= 15 is 0 Å². The minimum absolute atomic E-state index is 0.386. The number of fused-ring (bicyclic) bond motifs is 1. The summed E-state index contributed by atoms with van der Waals surface area (Å²) in [4.78, 5) is 8.38. The number of nitrogens with zero attached hydrogens (tertiary/aromatic N) is 2. The third-order valence-corrected chi connectivity index (χ3v) is 3.47. The summed E-state index contributed by atoms with van der Waals surface area (Å²) >= 11 is 0. The highest BCUT2D eigenvalue weighted by molar-refractivity contribution is 5.45. The normalized spacial score (nSPS) is 21.7. The second kappa shape index (κ2) is 4.07. The number of rotatable bonds is 2. The number of ether oxygens (including phenoxy) is 1. The zero-order chi connectivity index (χ0) is 12.6. The van der Waals surface area contributed by atoms with E-state index in [-0.39, 0.29) is 0 Å². The summed E-state index contributed by atoms with van der Waals surface area (Å²) in [5.74, 6) is 0.386. The summed E-state index contributed by atoms with van der Waals surface area (Å²) in [6.07, 6.45) is 4.59. The fourth-order valence-corrected chi connectivity index (χ4v) is 2.60. The molecular formula is C14H14N2O2. The standard InChI is InChI=1S/C14H14N2O2/c1-18-13-12(15-8-9-16-13)14(17)7-6-10-4-2-3-5-11(10)14/h2-5,8-9,17H,6-7H2,1H3. The Morgan fingerprint density at radius 2 is 2.00 bits per heavy atom. The maximum atomic E-state index is 10.9. The predicted octanol–water partition coefficient (Wildman–Crippen LogP) is 1.67. The zero-order valence-electron chi connectivity index (χ0n) is 10.1. The van der Waals surface area contributed by atoms with E-state index < -0.39 is 5.60 Å². The Hall–Kier alpha value is -1.94. The van der Waals surface area contributed by atoms with Crippen LogP contribution in [0.1, 0.15) is 23.2 Å². The van der Waals surface area contributed by atoms with E-state index in [1.807, 2.05) is 24.3 Å². The average Bonchev–Trinajstić information content (AvgIpc) is 2.78. The van der Waals surface area contributed by atoms with Crippen molar-refractivity contribution in [3.8, 4) is 5.88 Å². The van der Waals surface area contributed by atoms with Gasteiger partial charge in [-0.15, -0.1) is 0 Å². The number of methoxy groups -OCH3 is 1. The molecule has 0 saturated carbocycles. The molecule has 1 aliphatic rings.